The minimum absolute atomic E-state index is 0.0760. The third kappa shape index (κ3) is 6.07. The number of halogens is 4. The largest absolute Gasteiger partial charge is 0.435 e. The summed E-state index contributed by atoms with van der Waals surface area (Å²) >= 11 is 0. The van der Waals surface area contributed by atoms with Gasteiger partial charge in [-0.3, -0.25) is 4.79 Å². The van der Waals surface area contributed by atoms with E-state index in [1.807, 2.05) is 0 Å². The average Bonchev–Trinajstić information content (AvgIpc) is 3.21. The number of alkyl halides is 4. The van der Waals surface area contributed by atoms with Crippen LogP contribution in [0.25, 0.3) is 6.08 Å². The molecule has 0 aliphatic carbocycles. The summed E-state index contributed by atoms with van der Waals surface area (Å²) in [6.45, 7) is -4.16. The van der Waals surface area contributed by atoms with E-state index < -0.39 is 13.2 Å². The summed E-state index contributed by atoms with van der Waals surface area (Å²) in [5.41, 5.74) is 0.135. The Balaban J connectivity index is 1.68. The van der Waals surface area contributed by atoms with E-state index >= 15 is 0 Å². The molecule has 0 spiro atoms. The zero-order valence-electron chi connectivity index (χ0n) is 15.4. The van der Waals surface area contributed by atoms with E-state index in [1.54, 1.807) is 4.90 Å². The minimum Gasteiger partial charge on any atom is -0.435 e. The van der Waals surface area contributed by atoms with E-state index in [1.165, 1.54) is 24.3 Å². The summed E-state index contributed by atoms with van der Waals surface area (Å²) in [5.74, 6) is -0.920. The van der Waals surface area contributed by atoms with E-state index in [4.69, 9.17) is 9.47 Å². The second kappa shape index (κ2) is 9.93. The molecule has 1 atom stereocenters. The third-order valence-electron chi connectivity index (χ3n) is 4.63. The van der Waals surface area contributed by atoms with E-state index in [2.05, 4.69) is 9.47 Å². The smallest absolute Gasteiger partial charge is 0.387 e. The summed E-state index contributed by atoms with van der Waals surface area (Å²) in [7, 11) is 0. The SMILES string of the molecule is O=C(/C=C/c1ccc(OC(F)F)cc1OC(F)F)N1CCCC(C2OCCO2)C1. The molecule has 10 heteroatoms. The highest BCUT2D eigenvalue weighted by Crippen LogP contribution is 2.29. The average molecular weight is 419 g/mol. The van der Waals surface area contributed by atoms with Gasteiger partial charge in [0.05, 0.1) is 13.2 Å². The zero-order valence-corrected chi connectivity index (χ0v) is 15.4. The molecule has 0 saturated carbocycles. The molecule has 1 amide bonds. The van der Waals surface area contributed by atoms with Crippen molar-refractivity contribution in [1.82, 2.24) is 4.90 Å². The maximum absolute atomic E-state index is 12.6. The normalized spacial score (nSPS) is 20.8. The highest BCUT2D eigenvalue weighted by molar-refractivity contribution is 5.92. The summed E-state index contributed by atoms with van der Waals surface area (Å²) < 4.78 is 69.5. The Labute approximate surface area is 165 Å². The molecule has 2 fully saturated rings. The topological polar surface area (TPSA) is 57.2 Å². The van der Waals surface area contributed by atoms with Crippen LogP contribution in [0.3, 0.4) is 0 Å². The number of amides is 1. The van der Waals surface area contributed by atoms with Gasteiger partial charge in [-0.1, -0.05) is 0 Å². The maximum atomic E-state index is 12.6. The minimum atomic E-state index is -3.16. The quantitative estimate of drug-likeness (QED) is 0.500. The van der Waals surface area contributed by atoms with Gasteiger partial charge in [0.1, 0.15) is 11.5 Å². The van der Waals surface area contributed by atoms with Gasteiger partial charge < -0.3 is 23.8 Å². The molecule has 1 aromatic rings. The zero-order chi connectivity index (χ0) is 20.8. The van der Waals surface area contributed by atoms with Crippen molar-refractivity contribution in [3.05, 3.63) is 29.8 Å². The summed E-state index contributed by atoms with van der Waals surface area (Å²) in [6.07, 6.45) is 3.91. The number of nitrogens with zero attached hydrogens (tertiary/aromatic N) is 1. The van der Waals surface area contributed by atoms with Crippen LogP contribution in [0.5, 0.6) is 11.5 Å². The number of ether oxygens (including phenoxy) is 4. The van der Waals surface area contributed by atoms with E-state index in [-0.39, 0.29) is 35.2 Å². The number of carbonyl (C=O) groups excluding carboxylic acids is 1. The Kier molecular flexibility index (Phi) is 7.32. The first-order valence-corrected chi connectivity index (χ1v) is 9.16. The molecular formula is C19H21F4NO5. The van der Waals surface area contributed by atoms with E-state index in [0.29, 0.717) is 26.3 Å². The molecule has 1 unspecified atom stereocenters. The highest BCUT2D eigenvalue weighted by atomic mass is 19.3. The number of hydrogen-bond donors (Lipinski definition) is 0. The summed E-state index contributed by atoms with van der Waals surface area (Å²) in [6, 6.07) is 3.37. The third-order valence-corrected chi connectivity index (χ3v) is 4.63. The lowest BCUT2D eigenvalue weighted by Crippen LogP contribution is -2.43. The number of piperidine rings is 1. The molecule has 1 aromatic carbocycles. The van der Waals surface area contributed by atoms with Crippen molar-refractivity contribution in [2.24, 2.45) is 5.92 Å². The molecule has 0 radical (unpaired) electrons. The van der Waals surface area contributed by atoms with Crippen LogP contribution in [0.1, 0.15) is 18.4 Å². The van der Waals surface area contributed by atoms with Crippen LogP contribution < -0.4 is 9.47 Å². The van der Waals surface area contributed by atoms with Crippen LogP contribution >= 0.6 is 0 Å². The van der Waals surface area contributed by atoms with Crippen molar-refractivity contribution in [2.75, 3.05) is 26.3 Å². The fourth-order valence-corrected chi connectivity index (χ4v) is 3.37. The van der Waals surface area contributed by atoms with Gasteiger partial charge in [-0.25, -0.2) is 0 Å². The molecule has 29 heavy (non-hydrogen) atoms. The Morgan fingerprint density at radius 3 is 2.55 bits per heavy atom. The monoisotopic (exact) mass is 419 g/mol. The van der Waals surface area contributed by atoms with Gasteiger partial charge >= 0.3 is 13.2 Å². The standard InChI is InChI=1S/C19H21F4NO5/c20-18(21)28-14-5-3-12(15(10-14)29-19(22)23)4-6-16(25)24-7-1-2-13(11-24)17-26-8-9-27-17/h3-6,10,13,17-19H,1-2,7-9,11H2/b6-4+. The Morgan fingerprint density at radius 2 is 1.86 bits per heavy atom. The van der Waals surface area contributed by atoms with Gasteiger partial charge in [-0.2, -0.15) is 17.6 Å². The van der Waals surface area contributed by atoms with Crippen LogP contribution in [0.4, 0.5) is 17.6 Å². The van der Waals surface area contributed by atoms with Gasteiger partial charge in [-0.05, 0) is 31.1 Å². The highest BCUT2D eigenvalue weighted by Gasteiger charge is 2.32. The molecule has 160 valence electrons. The van der Waals surface area contributed by atoms with Crippen LogP contribution in [0.2, 0.25) is 0 Å². The lowest BCUT2D eigenvalue weighted by atomic mass is 9.97. The van der Waals surface area contributed by atoms with Gasteiger partial charge in [0.25, 0.3) is 0 Å². The second-order valence-electron chi connectivity index (χ2n) is 6.59. The first-order valence-electron chi connectivity index (χ1n) is 9.16. The number of hydrogen-bond acceptors (Lipinski definition) is 5. The Morgan fingerprint density at radius 1 is 1.14 bits per heavy atom. The van der Waals surface area contributed by atoms with E-state index in [9.17, 15) is 22.4 Å². The molecule has 2 aliphatic heterocycles. The van der Waals surface area contributed by atoms with Crippen LogP contribution in [0, 0.1) is 5.92 Å². The molecule has 2 heterocycles. The van der Waals surface area contributed by atoms with Crippen LogP contribution in [0.15, 0.2) is 24.3 Å². The van der Waals surface area contributed by atoms with Gasteiger partial charge in [-0.15, -0.1) is 0 Å². The van der Waals surface area contributed by atoms with Crippen molar-refractivity contribution in [3.63, 3.8) is 0 Å². The summed E-state index contributed by atoms with van der Waals surface area (Å²) in [4.78, 5) is 14.2. The molecule has 6 nitrogen and oxygen atoms in total. The first kappa shape index (κ1) is 21.4. The lowest BCUT2D eigenvalue weighted by Gasteiger charge is -2.34. The second-order valence-corrected chi connectivity index (χ2v) is 6.59. The lowest BCUT2D eigenvalue weighted by molar-refractivity contribution is -0.134. The summed E-state index contributed by atoms with van der Waals surface area (Å²) in [5, 5.41) is 0. The first-order chi connectivity index (χ1) is 13.9. The van der Waals surface area contributed by atoms with Crippen molar-refractivity contribution in [3.8, 4) is 11.5 Å². The van der Waals surface area contributed by atoms with Crippen molar-refractivity contribution >= 4 is 12.0 Å². The van der Waals surface area contributed by atoms with E-state index in [0.717, 1.165) is 18.9 Å². The Hall–Kier alpha value is -2.33. The van der Waals surface area contributed by atoms with Crippen molar-refractivity contribution < 1.29 is 41.3 Å². The molecule has 0 N–H and O–H groups in total. The number of benzene rings is 1. The predicted molar refractivity (Wildman–Crippen MR) is 93.7 cm³/mol. The van der Waals surface area contributed by atoms with Crippen molar-refractivity contribution in [1.29, 1.82) is 0 Å². The molecular weight excluding hydrogens is 398 g/mol. The molecule has 3 rings (SSSR count). The molecule has 0 aromatic heterocycles. The number of rotatable bonds is 7. The van der Waals surface area contributed by atoms with Crippen molar-refractivity contribution in [2.45, 2.75) is 32.4 Å². The van der Waals surface area contributed by atoms with Gasteiger partial charge in [0.2, 0.25) is 5.91 Å². The number of carbonyl (C=O) groups is 1. The Bertz CT molecular complexity index is 725. The van der Waals surface area contributed by atoms with Gasteiger partial charge in [0.15, 0.2) is 6.29 Å². The fourth-order valence-electron chi connectivity index (χ4n) is 3.37. The van der Waals surface area contributed by atoms with Gasteiger partial charge in [0, 0.05) is 36.7 Å². The maximum Gasteiger partial charge on any atom is 0.387 e. The number of likely N-dealkylation sites (tertiary alicyclic amines) is 1. The van der Waals surface area contributed by atoms with Crippen LogP contribution in [-0.2, 0) is 14.3 Å². The molecule has 0 bridgehead atoms. The predicted octanol–water partition coefficient (Wildman–Crippen LogP) is 3.51. The molecule has 2 saturated heterocycles. The van der Waals surface area contributed by atoms with Crippen LogP contribution in [-0.4, -0.2) is 56.6 Å². The fraction of sp³-hybridized carbons (Fsp3) is 0.526. The molecule has 2 aliphatic rings.